The third-order valence-corrected chi connectivity index (χ3v) is 4.12. The first-order valence-electron chi connectivity index (χ1n) is 8.96. The van der Waals surface area contributed by atoms with Crippen molar-refractivity contribution in [1.82, 2.24) is 10.3 Å². The Kier molecular flexibility index (Phi) is 6.46. The van der Waals surface area contributed by atoms with Crippen molar-refractivity contribution in [3.63, 3.8) is 0 Å². The number of hydrogen-bond acceptors (Lipinski definition) is 3. The zero-order chi connectivity index (χ0) is 19.8. The fraction of sp³-hybridized carbons (Fsp3) is 0.136. The van der Waals surface area contributed by atoms with E-state index in [4.69, 9.17) is 0 Å². The monoisotopic (exact) mass is 377 g/mol. The van der Waals surface area contributed by atoms with Crippen LogP contribution >= 0.6 is 0 Å². The van der Waals surface area contributed by atoms with Crippen molar-refractivity contribution in [2.75, 3.05) is 11.9 Å². The molecule has 0 aliphatic carbocycles. The number of anilines is 1. The van der Waals surface area contributed by atoms with Crippen LogP contribution in [0.2, 0.25) is 0 Å². The first-order chi connectivity index (χ1) is 13.6. The minimum Gasteiger partial charge on any atom is -0.352 e. The molecule has 1 aromatic heterocycles. The van der Waals surface area contributed by atoms with Gasteiger partial charge in [0.15, 0.2) is 0 Å². The van der Waals surface area contributed by atoms with Gasteiger partial charge in [-0.15, -0.1) is 0 Å². The second kappa shape index (κ2) is 9.41. The van der Waals surface area contributed by atoms with Gasteiger partial charge < -0.3 is 10.6 Å². The Bertz CT molecular complexity index is 961. The van der Waals surface area contributed by atoms with E-state index in [0.29, 0.717) is 17.8 Å². The molecule has 1 heterocycles. The Balaban J connectivity index is 1.54. The Morgan fingerprint density at radius 2 is 1.64 bits per heavy atom. The molecule has 28 heavy (non-hydrogen) atoms. The van der Waals surface area contributed by atoms with Crippen molar-refractivity contribution < 1.29 is 14.0 Å². The number of benzene rings is 2. The number of carbonyl (C=O) groups excluding carboxylic acids is 2. The lowest BCUT2D eigenvalue weighted by atomic mass is 10.1. The molecule has 2 N–H and O–H groups in total. The van der Waals surface area contributed by atoms with Gasteiger partial charge in [-0.05, 0) is 42.7 Å². The van der Waals surface area contributed by atoms with E-state index < -0.39 is 11.7 Å². The van der Waals surface area contributed by atoms with Gasteiger partial charge in [-0.2, -0.15) is 0 Å². The van der Waals surface area contributed by atoms with E-state index in [9.17, 15) is 14.0 Å². The summed E-state index contributed by atoms with van der Waals surface area (Å²) >= 11 is 0. The second-order valence-electron chi connectivity index (χ2n) is 6.27. The molecule has 0 bridgehead atoms. The number of aryl methyl sites for hydroxylation is 1. The predicted molar refractivity (Wildman–Crippen MR) is 106 cm³/mol. The molecule has 3 aromatic rings. The van der Waals surface area contributed by atoms with E-state index in [1.54, 1.807) is 6.07 Å². The molecule has 0 saturated heterocycles. The van der Waals surface area contributed by atoms with Gasteiger partial charge in [0.25, 0.3) is 11.8 Å². The van der Waals surface area contributed by atoms with Crippen LogP contribution in [0.3, 0.4) is 0 Å². The lowest BCUT2D eigenvalue weighted by Gasteiger charge is -2.08. The molecule has 142 valence electrons. The number of nitrogens with one attached hydrogen (secondary N) is 2. The molecule has 2 aromatic carbocycles. The zero-order valence-electron chi connectivity index (χ0n) is 15.2. The quantitative estimate of drug-likeness (QED) is 0.615. The molecule has 5 nitrogen and oxygen atoms in total. The maximum Gasteiger partial charge on any atom is 0.257 e. The normalized spacial score (nSPS) is 10.3. The number of carbonyl (C=O) groups is 2. The van der Waals surface area contributed by atoms with Gasteiger partial charge in [0.05, 0.1) is 11.1 Å². The van der Waals surface area contributed by atoms with E-state index in [1.165, 1.54) is 42.2 Å². The van der Waals surface area contributed by atoms with E-state index >= 15 is 0 Å². The summed E-state index contributed by atoms with van der Waals surface area (Å²) in [5.41, 5.74) is 2.07. The molecule has 0 atom stereocenters. The standard InChI is InChI=1S/C22H20FN3O2/c23-19-9-4-10-20(13-19)26-22(28)18-12-17(14-24-15-18)21(27)25-11-5-8-16-6-2-1-3-7-16/h1-4,6-7,9-10,12-15H,5,8,11H2,(H,25,27)(H,26,28). The van der Waals surface area contributed by atoms with Crippen LogP contribution < -0.4 is 10.6 Å². The fourth-order valence-electron chi connectivity index (χ4n) is 2.70. The summed E-state index contributed by atoms with van der Waals surface area (Å²) in [5, 5.41) is 5.42. The Labute approximate surface area is 162 Å². The van der Waals surface area contributed by atoms with Crippen molar-refractivity contribution in [3.05, 3.63) is 95.6 Å². The average Bonchev–Trinajstić information content (AvgIpc) is 2.72. The van der Waals surface area contributed by atoms with Gasteiger partial charge >= 0.3 is 0 Å². The SMILES string of the molecule is O=C(NCCCc1ccccc1)c1cncc(C(=O)Nc2cccc(F)c2)c1. The van der Waals surface area contributed by atoms with Crippen molar-refractivity contribution in [2.24, 2.45) is 0 Å². The lowest BCUT2D eigenvalue weighted by molar-refractivity contribution is 0.0953. The van der Waals surface area contributed by atoms with Crippen molar-refractivity contribution in [1.29, 1.82) is 0 Å². The topological polar surface area (TPSA) is 71.1 Å². The third kappa shape index (κ3) is 5.48. The Morgan fingerprint density at radius 3 is 2.39 bits per heavy atom. The largest absolute Gasteiger partial charge is 0.352 e. The van der Waals surface area contributed by atoms with Gasteiger partial charge in [0, 0.05) is 24.6 Å². The van der Waals surface area contributed by atoms with E-state index in [2.05, 4.69) is 15.6 Å². The number of amides is 2. The average molecular weight is 377 g/mol. The third-order valence-electron chi connectivity index (χ3n) is 4.12. The van der Waals surface area contributed by atoms with E-state index in [0.717, 1.165) is 12.8 Å². The van der Waals surface area contributed by atoms with E-state index in [1.807, 2.05) is 30.3 Å². The predicted octanol–water partition coefficient (Wildman–Crippen LogP) is 3.84. The number of rotatable bonds is 7. The number of halogens is 1. The summed E-state index contributed by atoms with van der Waals surface area (Å²) in [5.74, 6) is -1.20. The van der Waals surface area contributed by atoms with Crippen LogP contribution in [0.15, 0.2) is 73.1 Å². The minimum absolute atomic E-state index is 0.223. The van der Waals surface area contributed by atoms with Crippen LogP contribution in [0.4, 0.5) is 10.1 Å². The van der Waals surface area contributed by atoms with Crippen LogP contribution in [-0.2, 0) is 6.42 Å². The number of aromatic nitrogens is 1. The van der Waals surface area contributed by atoms with Gasteiger partial charge in [-0.3, -0.25) is 14.6 Å². The Hall–Kier alpha value is -3.54. The number of hydrogen-bond donors (Lipinski definition) is 2. The summed E-state index contributed by atoms with van der Waals surface area (Å²) in [6, 6.07) is 17.1. The zero-order valence-corrected chi connectivity index (χ0v) is 15.2. The summed E-state index contributed by atoms with van der Waals surface area (Å²) in [6.07, 6.45) is 4.45. The van der Waals surface area contributed by atoms with Crippen LogP contribution in [0.25, 0.3) is 0 Å². The smallest absolute Gasteiger partial charge is 0.257 e. The van der Waals surface area contributed by atoms with Gasteiger partial charge in [-0.25, -0.2) is 4.39 Å². The minimum atomic E-state index is -0.461. The molecular weight excluding hydrogens is 357 g/mol. The molecule has 0 aliphatic rings. The lowest BCUT2D eigenvalue weighted by Crippen LogP contribution is -2.25. The highest BCUT2D eigenvalue weighted by Crippen LogP contribution is 2.12. The first kappa shape index (κ1) is 19.2. The molecule has 0 radical (unpaired) electrons. The highest BCUT2D eigenvalue weighted by atomic mass is 19.1. The fourth-order valence-corrected chi connectivity index (χ4v) is 2.70. The van der Waals surface area contributed by atoms with Gasteiger partial charge in [0.2, 0.25) is 0 Å². The summed E-state index contributed by atoms with van der Waals surface area (Å²) in [6.45, 7) is 0.521. The first-order valence-corrected chi connectivity index (χ1v) is 8.96. The molecule has 0 fully saturated rings. The molecule has 2 amide bonds. The maximum atomic E-state index is 13.2. The van der Waals surface area contributed by atoms with Gasteiger partial charge in [0.1, 0.15) is 5.82 Å². The number of pyridine rings is 1. The highest BCUT2D eigenvalue weighted by Gasteiger charge is 2.12. The molecule has 0 saturated carbocycles. The van der Waals surface area contributed by atoms with Gasteiger partial charge in [-0.1, -0.05) is 36.4 Å². The van der Waals surface area contributed by atoms with Crippen LogP contribution in [0.5, 0.6) is 0 Å². The molecule has 0 unspecified atom stereocenters. The Morgan fingerprint density at radius 1 is 0.893 bits per heavy atom. The van der Waals surface area contributed by atoms with Crippen molar-refractivity contribution in [2.45, 2.75) is 12.8 Å². The molecule has 3 rings (SSSR count). The second-order valence-corrected chi connectivity index (χ2v) is 6.27. The summed E-state index contributed by atoms with van der Waals surface area (Å²) in [4.78, 5) is 28.6. The molecule has 6 heteroatoms. The molecular formula is C22H20FN3O2. The van der Waals surface area contributed by atoms with Crippen molar-refractivity contribution >= 4 is 17.5 Å². The summed E-state index contributed by atoms with van der Waals surface area (Å²) < 4.78 is 13.2. The summed E-state index contributed by atoms with van der Waals surface area (Å²) in [7, 11) is 0. The van der Waals surface area contributed by atoms with E-state index in [-0.39, 0.29) is 11.5 Å². The highest BCUT2D eigenvalue weighted by molar-refractivity contribution is 6.05. The van der Waals surface area contributed by atoms with Crippen LogP contribution in [0.1, 0.15) is 32.7 Å². The maximum absolute atomic E-state index is 13.2. The molecule has 0 aliphatic heterocycles. The van der Waals surface area contributed by atoms with Crippen LogP contribution in [-0.4, -0.2) is 23.3 Å². The molecule has 0 spiro atoms. The van der Waals surface area contributed by atoms with Crippen molar-refractivity contribution in [3.8, 4) is 0 Å². The number of nitrogens with zero attached hydrogens (tertiary/aromatic N) is 1. The van der Waals surface area contributed by atoms with Crippen LogP contribution in [0, 0.1) is 5.82 Å².